The number of halogens is 1. The number of likely N-dealkylation sites (N-methyl/N-ethyl adjacent to an activating group) is 1. The van der Waals surface area contributed by atoms with Gasteiger partial charge in [0.15, 0.2) is 0 Å². The van der Waals surface area contributed by atoms with Gasteiger partial charge in [-0.25, -0.2) is 12.7 Å². The Morgan fingerprint density at radius 3 is 2.41 bits per heavy atom. The predicted molar refractivity (Wildman–Crippen MR) is 107 cm³/mol. The number of sulfonamides is 1. The SMILES string of the molecule is CCN1CCN(C(=O)C2CCCN(S(=O)(=O)Cc3ccc(Cl)cc3)C2)CC1. The van der Waals surface area contributed by atoms with E-state index in [9.17, 15) is 13.2 Å². The lowest BCUT2D eigenvalue weighted by atomic mass is 9.98. The lowest BCUT2D eigenvalue weighted by molar-refractivity contribution is -0.138. The van der Waals surface area contributed by atoms with Crippen molar-refractivity contribution in [3.63, 3.8) is 0 Å². The quantitative estimate of drug-likeness (QED) is 0.741. The number of amides is 1. The van der Waals surface area contributed by atoms with Crippen molar-refractivity contribution in [1.82, 2.24) is 14.1 Å². The number of nitrogens with zero attached hydrogens (tertiary/aromatic N) is 3. The molecule has 1 amide bonds. The van der Waals surface area contributed by atoms with E-state index in [1.807, 2.05) is 4.90 Å². The molecule has 1 aromatic carbocycles. The summed E-state index contributed by atoms with van der Waals surface area (Å²) in [5.74, 6) is -0.177. The molecule has 0 spiro atoms. The molecule has 3 rings (SSSR count). The summed E-state index contributed by atoms with van der Waals surface area (Å²) in [6.07, 6.45) is 1.49. The first-order valence-electron chi connectivity index (χ1n) is 9.62. The number of carbonyl (C=O) groups is 1. The molecule has 2 aliphatic rings. The van der Waals surface area contributed by atoms with Crippen molar-refractivity contribution in [2.24, 2.45) is 5.92 Å². The highest BCUT2D eigenvalue weighted by molar-refractivity contribution is 7.88. The van der Waals surface area contributed by atoms with Crippen LogP contribution in [0.3, 0.4) is 0 Å². The van der Waals surface area contributed by atoms with Crippen LogP contribution >= 0.6 is 11.6 Å². The van der Waals surface area contributed by atoms with Gasteiger partial charge in [0.25, 0.3) is 0 Å². The topological polar surface area (TPSA) is 60.9 Å². The zero-order valence-electron chi connectivity index (χ0n) is 15.8. The van der Waals surface area contributed by atoms with Crippen LogP contribution in [0.4, 0.5) is 0 Å². The van der Waals surface area contributed by atoms with E-state index in [-0.39, 0.29) is 17.6 Å². The van der Waals surface area contributed by atoms with Gasteiger partial charge in [0.05, 0.1) is 11.7 Å². The highest BCUT2D eigenvalue weighted by atomic mass is 35.5. The van der Waals surface area contributed by atoms with Crippen molar-refractivity contribution in [2.45, 2.75) is 25.5 Å². The van der Waals surface area contributed by atoms with Crippen molar-refractivity contribution in [1.29, 1.82) is 0 Å². The largest absolute Gasteiger partial charge is 0.340 e. The monoisotopic (exact) mass is 413 g/mol. The van der Waals surface area contributed by atoms with E-state index in [0.717, 1.165) is 45.6 Å². The van der Waals surface area contributed by atoms with Crippen LogP contribution in [0.1, 0.15) is 25.3 Å². The van der Waals surface area contributed by atoms with Gasteiger partial charge in [-0.3, -0.25) is 4.79 Å². The molecule has 8 heteroatoms. The first-order valence-corrected chi connectivity index (χ1v) is 11.6. The van der Waals surface area contributed by atoms with E-state index in [2.05, 4.69) is 11.8 Å². The van der Waals surface area contributed by atoms with Gasteiger partial charge in [0, 0.05) is 44.3 Å². The Hall–Kier alpha value is -1.15. The minimum atomic E-state index is -3.45. The van der Waals surface area contributed by atoms with Crippen LogP contribution in [0.2, 0.25) is 5.02 Å². The van der Waals surface area contributed by atoms with Gasteiger partial charge in [-0.1, -0.05) is 30.7 Å². The third-order valence-electron chi connectivity index (χ3n) is 5.52. The summed E-state index contributed by atoms with van der Waals surface area (Å²) in [6, 6.07) is 6.87. The Bertz CT molecular complexity index is 746. The van der Waals surface area contributed by atoms with Crippen molar-refractivity contribution in [2.75, 3.05) is 45.8 Å². The fraction of sp³-hybridized carbons (Fsp3) is 0.632. The average molecular weight is 414 g/mol. The molecule has 0 saturated carbocycles. The molecule has 0 radical (unpaired) electrons. The first kappa shape index (κ1) is 20.6. The normalized spacial score (nSPS) is 22.7. The van der Waals surface area contributed by atoms with Gasteiger partial charge in [0.2, 0.25) is 15.9 Å². The number of carbonyl (C=O) groups excluding carboxylic acids is 1. The maximum absolute atomic E-state index is 12.9. The molecule has 0 bridgehead atoms. The van der Waals surface area contributed by atoms with Crippen LogP contribution in [-0.2, 0) is 20.6 Å². The van der Waals surface area contributed by atoms with Crippen LogP contribution in [0.15, 0.2) is 24.3 Å². The van der Waals surface area contributed by atoms with Gasteiger partial charge in [-0.15, -0.1) is 0 Å². The number of benzene rings is 1. The lowest BCUT2D eigenvalue weighted by Crippen LogP contribution is -2.53. The minimum absolute atomic E-state index is 0.0553. The van der Waals surface area contributed by atoms with Crippen molar-refractivity contribution < 1.29 is 13.2 Å². The summed E-state index contributed by atoms with van der Waals surface area (Å²) in [5.41, 5.74) is 0.712. The van der Waals surface area contributed by atoms with E-state index in [4.69, 9.17) is 11.6 Å². The minimum Gasteiger partial charge on any atom is -0.340 e. The van der Waals surface area contributed by atoms with Crippen LogP contribution in [-0.4, -0.2) is 74.2 Å². The highest BCUT2D eigenvalue weighted by Gasteiger charge is 2.35. The fourth-order valence-corrected chi connectivity index (χ4v) is 5.56. The highest BCUT2D eigenvalue weighted by Crippen LogP contribution is 2.24. The van der Waals surface area contributed by atoms with E-state index >= 15 is 0 Å². The average Bonchev–Trinajstić information content (AvgIpc) is 2.69. The summed E-state index contributed by atoms with van der Waals surface area (Å²) >= 11 is 5.87. The third-order valence-corrected chi connectivity index (χ3v) is 7.59. The molecular weight excluding hydrogens is 386 g/mol. The number of piperidine rings is 1. The standard InChI is InChI=1S/C19H28ClN3O3S/c1-2-21-10-12-22(13-11-21)19(24)17-4-3-9-23(14-17)27(25,26)15-16-5-7-18(20)8-6-16/h5-8,17H,2-4,9-15H2,1H3. The summed E-state index contributed by atoms with van der Waals surface area (Å²) in [5, 5.41) is 0.586. The van der Waals surface area contributed by atoms with Gasteiger partial charge in [-0.2, -0.15) is 0 Å². The van der Waals surface area contributed by atoms with Crippen molar-refractivity contribution in [3.8, 4) is 0 Å². The molecule has 1 unspecified atom stereocenters. The number of hydrogen-bond acceptors (Lipinski definition) is 4. The zero-order chi connectivity index (χ0) is 19.4. The van der Waals surface area contributed by atoms with Crippen LogP contribution in [0, 0.1) is 5.92 Å². The summed E-state index contributed by atoms with van der Waals surface area (Å²) < 4.78 is 27.2. The first-order chi connectivity index (χ1) is 12.9. The number of piperazine rings is 1. The Labute approximate surface area is 167 Å². The lowest BCUT2D eigenvalue weighted by Gasteiger charge is -2.38. The maximum atomic E-state index is 12.9. The molecule has 0 aromatic heterocycles. The maximum Gasteiger partial charge on any atom is 0.227 e. The van der Waals surface area contributed by atoms with E-state index in [0.29, 0.717) is 23.7 Å². The van der Waals surface area contributed by atoms with E-state index in [1.54, 1.807) is 24.3 Å². The summed E-state index contributed by atoms with van der Waals surface area (Å²) in [4.78, 5) is 17.1. The zero-order valence-corrected chi connectivity index (χ0v) is 17.4. The second kappa shape index (κ2) is 8.90. The molecule has 150 valence electrons. The second-order valence-corrected chi connectivity index (χ2v) is 9.74. The van der Waals surface area contributed by atoms with Gasteiger partial charge >= 0.3 is 0 Å². The number of rotatable bonds is 5. The Morgan fingerprint density at radius 1 is 1.11 bits per heavy atom. The summed E-state index contributed by atoms with van der Waals surface area (Å²) in [6.45, 7) is 7.18. The molecule has 27 heavy (non-hydrogen) atoms. The molecular formula is C19H28ClN3O3S. The molecule has 0 N–H and O–H groups in total. The summed E-state index contributed by atoms with van der Waals surface area (Å²) in [7, 11) is -3.45. The molecule has 0 aliphatic carbocycles. The Balaban J connectivity index is 1.61. The van der Waals surface area contributed by atoms with Crippen molar-refractivity contribution in [3.05, 3.63) is 34.9 Å². The van der Waals surface area contributed by atoms with Crippen LogP contribution in [0.5, 0.6) is 0 Å². The molecule has 2 heterocycles. The molecule has 1 atom stereocenters. The van der Waals surface area contributed by atoms with E-state index in [1.165, 1.54) is 4.31 Å². The van der Waals surface area contributed by atoms with Crippen LogP contribution in [0.25, 0.3) is 0 Å². The van der Waals surface area contributed by atoms with Gasteiger partial charge in [0.1, 0.15) is 0 Å². The number of hydrogen-bond donors (Lipinski definition) is 0. The van der Waals surface area contributed by atoms with Crippen LogP contribution < -0.4 is 0 Å². The molecule has 2 aliphatic heterocycles. The fourth-order valence-electron chi connectivity index (χ4n) is 3.82. The van der Waals surface area contributed by atoms with Crippen molar-refractivity contribution >= 4 is 27.5 Å². The molecule has 1 aromatic rings. The molecule has 2 saturated heterocycles. The molecule has 2 fully saturated rings. The smallest absolute Gasteiger partial charge is 0.227 e. The van der Waals surface area contributed by atoms with E-state index < -0.39 is 10.0 Å². The third kappa shape index (κ3) is 5.22. The Morgan fingerprint density at radius 2 is 1.78 bits per heavy atom. The van der Waals surface area contributed by atoms with Gasteiger partial charge < -0.3 is 9.80 Å². The van der Waals surface area contributed by atoms with Gasteiger partial charge in [-0.05, 0) is 37.1 Å². The second-order valence-electron chi connectivity index (χ2n) is 7.34. The Kier molecular flexibility index (Phi) is 6.78. The predicted octanol–water partition coefficient (Wildman–Crippen LogP) is 2.05. The molecule has 6 nitrogen and oxygen atoms in total.